The van der Waals surface area contributed by atoms with Gasteiger partial charge in [-0.25, -0.2) is 0 Å². The Morgan fingerprint density at radius 1 is 1.43 bits per heavy atom. The monoisotopic (exact) mass is 142 g/mol. The third kappa shape index (κ3) is 3.17. The Morgan fingerprint density at radius 2 is 1.57 bits per heavy atom. The standard InChI is InChI=1S/C2H5BCl2O2/c1-2(4,5)3(6)7/h6-7H,1H3. The smallest absolute Gasteiger partial charge is 0.425 e. The zero-order valence-electron chi connectivity index (χ0n) is 3.73. The molecule has 0 aromatic carbocycles. The molecule has 0 rings (SSSR count). The molecule has 0 amide bonds. The minimum atomic E-state index is -1.67. The first-order valence-corrected chi connectivity index (χ1v) is 2.44. The van der Waals surface area contributed by atoms with Gasteiger partial charge in [0.05, 0.1) is 0 Å². The minimum absolute atomic E-state index is 1.29. The molecule has 5 heteroatoms. The van der Waals surface area contributed by atoms with Crippen LogP contribution in [0.3, 0.4) is 0 Å². The Labute approximate surface area is 52.2 Å². The lowest BCUT2D eigenvalue weighted by atomic mass is 9.86. The van der Waals surface area contributed by atoms with Gasteiger partial charge in [0.1, 0.15) is 0 Å². The Kier molecular flexibility index (Phi) is 2.40. The molecule has 0 bridgehead atoms. The predicted molar refractivity (Wildman–Crippen MR) is 30.3 cm³/mol. The summed E-state index contributed by atoms with van der Waals surface area (Å²) in [5.41, 5.74) is 0. The maximum Gasteiger partial charge on any atom is 0.489 e. The largest absolute Gasteiger partial charge is 0.489 e. The molecule has 0 saturated carbocycles. The highest BCUT2D eigenvalue weighted by molar-refractivity contribution is 6.75. The van der Waals surface area contributed by atoms with Crippen LogP contribution in [-0.2, 0) is 0 Å². The molecule has 0 saturated heterocycles. The van der Waals surface area contributed by atoms with Crippen LogP contribution in [0.25, 0.3) is 0 Å². The Hall–Kier alpha value is 0.565. The van der Waals surface area contributed by atoms with Crippen LogP contribution in [-0.4, -0.2) is 21.4 Å². The average molecular weight is 143 g/mol. The highest BCUT2D eigenvalue weighted by Gasteiger charge is 2.32. The zero-order valence-corrected chi connectivity index (χ0v) is 5.24. The highest BCUT2D eigenvalue weighted by atomic mass is 35.5. The molecule has 0 aromatic heterocycles. The lowest BCUT2D eigenvalue weighted by Gasteiger charge is -2.08. The van der Waals surface area contributed by atoms with Crippen molar-refractivity contribution in [1.82, 2.24) is 0 Å². The van der Waals surface area contributed by atoms with E-state index in [1.54, 1.807) is 0 Å². The van der Waals surface area contributed by atoms with Gasteiger partial charge in [-0.1, -0.05) is 0 Å². The first-order valence-electron chi connectivity index (χ1n) is 1.68. The molecule has 0 aliphatic carbocycles. The van der Waals surface area contributed by atoms with Gasteiger partial charge in [0, 0.05) is 0 Å². The van der Waals surface area contributed by atoms with Gasteiger partial charge in [-0.15, -0.1) is 23.2 Å². The summed E-state index contributed by atoms with van der Waals surface area (Å²) in [6.45, 7) is 1.29. The lowest BCUT2D eigenvalue weighted by molar-refractivity contribution is 0.398. The second-order valence-electron chi connectivity index (χ2n) is 1.33. The number of hydrogen-bond acceptors (Lipinski definition) is 2. The van der Waals surface area contributed by atoms with Crippen molar-refractivity contribution in [2.24, 2.45) is 0 Å². The normalized spacial score (nSPS) is 11.6. The molecule has 0 fully saturated rings. The molecule has 0 unspecified atom stereocenters. The zero-order chi connectivity index (χ0) is 6.08. The van der Waals surface area contributed by atoms with Crippen LogP contribution < -0.4 is 0 Å². The Balaban J connectivity index is 3.54. The van der Waals surface area contributed by atoms with E-state index in [9.17, 15) is 0 Å². The Morgan fingerprint density at radius 3 is 1.57 bits per heavy atom. The van der Waals surface area contributed by atoms with Crippen LogP contribution in [0.4, 0.5) is 0 Å². The summed E-state index contributed by atoms with van der Waals surface area (Å²) in [6, 6.07) is 0. The first-order chi connectivity index (χ1) is 2.94. The summed E-state index contributed by atoms with van der Waals surface area (Å²) in [6.07, 6.45) is 0. The van der Waals surface area contributed by atoms with Crippen molar-refractivity contribution < 1.29 is 10.0 Å². The van der Waals surface area contributed by atoms with Crippen molar-refractivity contribution in [3.63, 3.8) is 0 Å². The van der Waals surface area contributed by atoms with E-state index in [0.717, 1.165) is 0 Å². The van der Waals surface area contributed by atoms with Gasteiger partial charge in [0.25, 0.3) is 0 Å². The van der Waals surface area contributed by atoms with Crippen LogP contribution >= 0.6 is 23.2 Å². The number of rotatable bonds is 1. The molecule has 0 heterocycles. The summed E-state index contributed by atoms with van der Waals surface area (Å²) in [7, 11) is -1.67. The molecule has 2 N–H and O–H groups in total. The van der Waals surface area contributed by atoms with Gasteiger partial charge in [-0.3, -0.25) is 0 Å². The summed E-state index contributed by atoms with van der Waals surface area (Å²) < 4.78 is -1.44. The number of hydrogen-bond donors (Lipinski definition) is 2. The van der Waals surface area contributed by atoms with E-state index in [1.807, 2.05) is 0 Å². The molecular formula is C2H5BCl2O2. The SMILES string of the molecule is CC(Cl)(Cl)B(O)O. The summed E-state index contributed by atoms with van der Waals surface area (Å²) >= 11 is 10.3. The van der Waals surface area contributed by atoms with Crippen LogP contribution in [0, 0.1) is 0 Å². The lowest BCUT2D eigenvalue weighted by Crippen LogP contribution is -2.32. The molecule has 0 aliphatic heterocycles. The molecule has 0 atom stereocenters. The minimum Gasteiger partial charge on any atom is -0.425 e. The first kappa shape index (κ1) is 7.56. The predicted octanol–water partition coefficient (Wildman–Crippen LogP) is 0.192. The van der Waals surface area contributed by atoms with E-state index >= 15 is 0 Å². The van der Waals surface area contributed by atoms with E-state index in [-0.39, 0.29) is 0 Å². The maximum atomic E-state index is 8.18. The fourth-order valence-electron chi connectivity index (χ4n) is 0. The van der Waals surface area contributed by atoms with Gasteiger partial charge in [0.15, 0.2) is 4.23 Å². The quantitative estimate of drug-likeness (QED) is 0.406. The van der Waals surface area contributed by atoms with Crippen LogP contribution in [0.5, 0.6) is 0 Å². The third-order valence-electron chi connectivity index (χ3n) is 0.453. The highest BCUT2D eigenvalue weighted by Crippen LogP contribution is 2.19. The second-order valence-corrected chi connectivity index (χ2v) is 3.09. The summed E-state index contributed by atoms with van der Waals surface area (Å²) in [5.74, 6) is 0. The average Bonchev–Trinajstić information content (AvgIpc) is 1.31. The third-order valence-corrected chi connectivity index (χ3v) is 0.844. The van der Waals surface area contributed by atoms with Gasteiger partial charge in [-0.05, 0) is 6.92 Å². The number of alkyl halides is 2. The number of halogens is 2. The van der Waals surface area contributed by atoms with E-state index in [2.05, 4.69) is 0 Å². The fourth-order valence-corrected chi connectivity index (χ4v) is 0. The fraction of sp³-hybridized carbons (Fsp3) is 1.00. The molecule has 7 heavy (non-hydrogen) atoms. The molecule has 42 valence electrons. The van der Waals surface area contributed by atoms with Crippen molar-refractivity contribution in [3.05, 3.63) is 0 Å². The second kappa shape index (κ2) is 2.22. The Bertz CT molecular complexity index is 59.2. The van der Waals surface area contributed by atoms with Gasteiger partial charge < -0.3 is 10.0 Å². The molecule has 0 spiro atoms. The van der Waals surface area contributed by atoms with Gasteiger partial charge >= 0.3 is 7.12 Å². The van der Waals surface area contributed by atoms with E-state index in [0.29, 0.717) is 0 Å². The molecular weight excluding hydrogens is 138 g/mol. The molecule has 0 aliphatic rings. The molecule has 0 aromatic rings. The topological polar surface area (TPSA) is 40.5 Å². The van der Waals surface area contributed by atoms with Crippen molar-refractivity contribution in [3.8, 4) is 0 Å². The van der Waals surface area contributed by atoms with Crippen LogP contribution in [0.2, 0.25) is 0 Å². The van der Waals surface area contributed by atoms with Crippen molar-refractivity contribution in [1.29, 1.82) is 0 Å². The molecule has 0 radical (unpaired) electrons. The maximum absolute atomic E-state index is 8.18. The van der Waals surface area contributed by atoms with Crippen molar-refractivity contribution in [2.45, 2.75) is 11.2 Å². The van der Waals surface area contributed by atoms with Crippen LogP contribution in [0.15, 0.2) is 0 Å². The van der Waals surface area contributed by atoms with Gasteiger partial charge in [-0.2, -0.15) is 0 Å². The van der Waals surface area contributed by atoms with E-state index in [4.69, 9.17) is 33.2 Å². The van der Waals surface area contributed by atoms with Crippen molar-refractivity contribution in [2.75, 3.05) is 0 Å². The van der Waals surface area contributed by atoms with Crippen molar-refractivity contribution >= 4 is 30.3 Å². The summed E-state index contributed by atoms with van der Waals surface area (Å²) in [4.78, 5) is 0. The van der Waals surface area contributed by atoms with Gasteiger partial charge in [0.2, 0.25) is 0 Å². The van der Waals surface area contributed by atoms with E-state index in [1.165, 1.54) is 6.92 Å². The summed E-state index contributed by atoms with van der Waals surface area (Å²) in [5, 5.41) is 16.4. The molecule has 2 nitrogen and oxygen atoms in total. The van der Waals surface area contributed by atoms with Crippen LogP contribution in [0.1, 0.15) is 6.92 Å². The van der Waals surface area contributed by atoms with E-state index < -0.39 is 11.4 Å².